The zero-order chi connectivity index (χ0) is 23.7. The molecule has 0 spiro atoms. The number of ether oxygens (including phenoxy) is 2. The molecule has 2 atom stereocenters. The van der Waals surface area contributed by atoms with Crippen molar-refractivity contribution in [1.82, 2.24) is 4.90 Å². The Labute approximate surface area is 198 Å². The highest BCUT2D eigenvalue weighted by Crippen LogP contribution is 2.52. The van der Waals surface area contributed by atoms with E-state index >= 15 is 0 Å². The van der Waals surface area contributed by atoms with Gasteiger partial charge in [0.2, 0.25) is 0 Å². The third-order valence-corrected chi connectivity index (χ3v) is 8.86. The number of nitrogens with zero attached hydrogens (tertiary/aromatic N) is 1. The van der Waals surface area contributed by atoms with Crippen LogP contribution in [0.3, 0.4) is 0 Å². The largest absolute Gasteiger partial charge is 0.467 e. The van der Waals surface area contributed by atoms with E-state index in [1.54, 1.807) is 7.11 Å². The molecule has 3 nitrogen and oxygen atoms in total. The van der Waals surface area contributed by atoms with Gasteiger partial charge in [-0.05, 0) is 68.7 Å². The maximum Gasteiger partial charge on any atom is 0.188 e. The lowest BCUT2D eigenvalue weighted by Gasteiger charge is -2.37. The lowest BCUT2D eigenvalue weighted by atomic mass is 9.87. The monoisotopic (exact) mass is 457 g/mol. The van der Waals surface area contributed by atoms with Gasteiger partial charge in [-0.2, -0.15) is 0 Å². The summed E-state index contributed by atoms with van der Waals surface area (Å²) in [6, 6.07) is 11.4. The summed E-state index contributed by atoms with van der Waals surface area (Å²) in [7, 11) is 2.39. The molecule has 178 valence electrons. The number of aryl methyl sites for hydroxylation is 3. The van der Waals surface area contributed by atoms with E-state index < -0.39 is 0 Å². The highest BCUT2D eigenvalue weighted by Gasteiger charge is 2.35. The Kier molecular flexibility index (Phi) is 10.7. The van der Waals surface area contributed by atoms with Gasteiger partial charge in [0.05, 0.1) is 0 Å². The molecule has 2 unspecified atom stereocenters. The molecule has 0 heterocycles. The van der Waals surface area contributed by atoms with E-state index in [-0.39, 0.29) is 11.9 Å². The van der Waals surface area contributed by atoms with Gasteiger partial charge in [0.15, 0.2) is 6.79 Å². The third kappa shape index (κ3) is 6.34. The van der Waals surface area contributed by atoms with Crippen molar-refractivity contribution in [1.29, 1.82) is 0 Å². The second-order valence-electron chi connectivity index (χ2n) is 8.89. The van der Waals surface area contributed by atoms with Crippen LogP contribution in [0.5, 0.6) is 5.75 Å². The lowest BCUT2D eigenvalue weighted by molar-refractivity contribution is 0.0494. The van der Waals surface area contributed by atoms with Gasteiger partial charge in [0.1, 0.15) is 5.75 Å². The maximum atomic E-state index is 6.20. The van der Waals surface area contributed by atoms with E-state index in [0.717, 1.165) is 44.6 Å². The molecule has 2 aromatic rings. The van der Waals surface area contributed by atoms with Crippen LogP contribution in [-0.4, -0.2) is 31.9 Å². The molecular formula is C28H44NO2P. The summed E-state index contributed by atoms with van der Waals surface area (Å²) in [5.74, 6) is 1.01. The van der Waals surface area contributed by atoms with Crippen molar-refractivity contribution in [2.45, 2.75) is 79.4 Å². The van der Waals surface area contributed by atoms with Crippen LogP contribution in [0.2, 0.25) is 0 Å². The molecule has 0 radical (unpaired) electrons. The predicted octanol–water partition coefficient (Wildman–Crippen LogP) is 6.85. The van der Waals surface area contributed by atoms with Crippen molar-refractivity contribution in [3.63, 3.8) is 0 Å². The molecule has 0 saturated heterocycles. The van der Waals surface area contributed by atoms with E-state index in [4.69, 9.17) is 9.47 Å². The predicted molar refractivity (Wildman–Crippen MR) is 141 cm³/mol. The maximum absolute atomic E-state index is 6.20. The van der Waals surface area contributed by atoms with E-state index in [1.807, 2.05) is 0 Å². The second kappa shape index (κ2) is 12.7. The molecule has 2 rings (SSSR count). The Morgan fingerprint density at radius 3 is 2.28 bits per heavy atom. The summed E-state index contributed by atoms with van der Waals surface area (Å²) >= 11 is 0. The topological polar surface area (TPSA) is 21.7 Å². The van der Waals surface area contributed by atoms with Gasteiger partial charge in [0, 0.05) is 24.4 Å². The molecule has 2 aromatic carbocycles. The van der Waals surface area contributed by atoms with Crippen LogP contribution in [0.1, 0.15) is 74.8 Å². The normalized spacial score (nSPS) is 13.8. The fourth-order valence-corrected chi connectivity index (χ4v) is 6.69. The van der Waals surface area contributed by atoms with Crippen LogP contribution in [0.4, 0.5) is 0 Å². The molecule has 32 heavy (non-hydrogen) atoms. The number of hydrogen-bond acceptors (Lipinski definition) is 3. The molecule has 0 amide bonds. The summed E-state index contributed by atoms with van der Waals surface area (Å²) in [5.41, 5.74) is 6.74. The number of hydrogen-bond donors (Lipinski definition) is 0. The van der Waals surface area contributed by atoms with Gasteiger partial charge in [0.25, 0.3) is 0 Å². The van der Waals surface area contributed by atoms with Crippen LogP contribution in [0.15, 0.2) is 30.3 Å². The van der Waals surface area contributed by atoms with E-state index in [2.05, 4.69) is 83.7 Å². The Balaban J connectivity index is 2.64. The number of rotatable bonds is 13. The second-order valence-corrected chi connectivity index (χ2v) is 10.6. The number of methoxy groups -OCH3 is 1. The summed E-state index contributed by atoms with van der Waals surface area (Å²) in [5, 5.41) is 1.59. The molecule has 0 N–H and O–H groups in total. The third-order valence-electron chi connectivity index (χ3n) is 6.55. The number of benzene rings is 2. The first-order chi connectivity index (χ1) is 15.3. The van der Waals surface area contributed by atoms with Crippen LogP contribution in [-0.2, 0) is 16.4 Å². The SMILES string of the molecule is CCCC(CC)(Pc1c(C)cccc1CN(CC)CC)c1cc(C)cc(C)c1OCOC. The van der Waals surface area contributed by atoms with Gasteiger partial charge in [-0.1, -0.05) is 78.6 Å². The van der Waals surface area contributed by atoms with Gasteiger partial charge in [-0.3, -0.25) is 4.90 Å². The lowest BCUT2D eigenvalue weighted by Crippen LogP contribution is -2.29. The summed E-state index contributed by atoms with van der Waals surface area (Å²) in [4.78, 5) is 2.51. The van der Waals surface area contributed by atoms with E-state index in [0.29, 0.717) is 8.58 Å². The zero-order valence-electron chi connectivity index (χ0n) is 21.6. The van der Waals surface area contributed by atoms with Crippen molar-refractivity contribution < 1.29 is 9.47 Å². The highest BCUT2D eigenvalue weighted by molar-refractivity contribution is 7.48. The fraction of sp³-hybridized carbons (Fsp3) is 0.571. The van der Waals surface area contributed by atoms with Crippen molar-refractivity contribution in [2.75, 3.05) is 27.0 Å². The first-order valence-electron chi connectivity index (χ1n) is 12.2. The molecule has 4 heteroatoms. The molecule has 0 aromatic heterocycles. The van der Waals surface area contributed by atoms with Crippen molar-refractivity contribution >= 4 is 13.9 Å². The first-order valence-corrected chi connectivity index (χ1v) is 13.2. The van der Waals surface area contributed by atoms with Gasteiger partial charge < -0.3 is 9.47 Å². The van der Waals surface area contributed by atoms with Gasteiger partial charge >= 0.3 is 0 Å². The zero-order valence-corrected chi connectivity index (χ0v) is 22.6. The smallest absolute Gasteiger partial charge is 0.188 e. The van der Waals surface area contributed by atoms with Crippen molar-refractivity contribution in [2.24, 2.45) is 0 Å². The molecule has 0 aliphatic rings. The molecular weight excluding hydrogens is 413 g/mol. The Morgan fingerprint density at radius 1 is 0.969 bits per heavy atom. The molecule has 0 aliphatic heterocycles. The van der Waals surface area contributed by atoms with Crippen LogP contribution in [0.25, 0.3) is 0 Å². The average molecular weight is 458 g/mol. The van der Waals surface area contributed by atoms with Crippen molar-refractivity contribution in [3.8, 4) is 5.75 Å². The van der Waals surface area contributed by atoms with E-state index in [1.165, 1.54) is 33.1 Å². The summed E-state index contributed by atoms with van der Waals surface area (Å²) in [6.45, 7) is 19.3. The molecule has 0 bridgehead atoms. The Morgan fingerprint density at radius 2 is 1.69 bits per heavy atom. The van der Waals surface area contributed by atoms with Crippen molar-refractivity contribution in [3.05, 3.63) is 58.1 Å². The summed E-state index contributed by atoms with van der Waals surface area (Å²) < 4.78 is 11.5. The highest BCUT2D eigenvalue weighted by atomic mass is 31.1. The first kappa shape index (κ1) is 26.8. The standard InChI is InChI=1S/C28H44NO2P/c1-9-16-28(10-2,25-18-21(5)17-23(7)26(25)31-20-30-8)32-27-22(6)14-13-15-24(27)19-29(11-3)12-4/h13-15,17-18,32H,9-12,16,19-20H2,1-8H3. The molecule has 0 fully saturated rings. The fourth-order valence-electron chi connectivity index (χ4n) is 4.73. The molecule has 0 aliphatic carbocycles. The minimum atomic E-state index is 0.0543. The van der Waals surface area contributed by atoms with Crippen LogP contribution in [0, 0.1) is 20.8 Å². The summed E-state index contributed by atoms with van der Waals surface area (Å²) in [6.07, 6.45) is 3.38. The van der Waals surface area contributed by atoms with E-state index in [9.17, 15) is 0 Å². The molecule has 0 saturated carbocycles. The van der Waals surface area contributed by atoms with Gasteiger partial charge in [-0.15, -0.1) is 0 Å². The van der Waals surface area contributed by atoms with Gasteiger partial charge in [-0.25, -0.2) is 0 Å². The minimum absolute atomic E-state index is 0.0543. The average Bonchev–Trinajstić information content (AvgIpc) is 2.77. The van der Waals surface area contributed by atoms with Crippen LogP contribution >= 0.6 is 8.58 Å². The Bertz CT molecular complexity index is 863. The quantitative estimate of drug-likeness (QED) is 0.243. The van der Waals surface area contributed by atoms with Crippen LogP contribution < -0.4 is 10.0 Å². The minimum Gasteiger partial charge on any atom is -0.467 e. The Hall–Kier alpha value is -1.41.